The smallest absolute Gasteiger partial charge is 0.0944 e. The van der Waals surface area contributed by atoms with E-state index in [1.165, 1.54) is 33.5 Å². The molecule has 1 aromatic rings. The van der Waals surface area contributed by atoms with E-state index in [0.29, 0.717) is 0 Å². The molecule has 72 valence electrons. The maximum absolute atomic E-state index is 4.65. The molecule has 0 saturated carbocycles. The highest BCUT2D eigenvalue weighted by molar-refractivity contribution is 7.98. The molecule has 4 heteroatoms. The molecule has 1 aliphatic heterocycles. The third kappa shape index (κ3) is 2.24. The molecular formula is C9H14N2S2. The standard InChI is InChI=1S/C9H14N2S2/c1-10-4-2-9-11-7-3-5-12-6-8(7)13-9/h10H,2-6H2,1H3. The van der Waals surface area contributed by atoms with Crippen LogP contribution in [0.3, 0.4) is 0 Å². The lowest BCUT2D eigenvalue weighted by molar-refractivity contribution is 0.784. The molecule has 13 heavy (non-hydrogen) atoms. The fourth-order valence-electron chi connectivity index (χ4n) is 1.42. The fraction of sp³-hybridized carbons (Fsp3) is 0.667. The van der Waals surface area contributed by atoms with Crippen LogP contribution in [-0.4, -0.2) is 24.3 Å². The molecule has 0 aliphatic carbocycles. The molecule has 1 aromatic heterocycles. The summed E-state index contributed by atoms with van der Waals surface area (Å²) in [5.74, 6) is 2.44. The van der Waals surface area contributed by atoms with E-state index in [1.807, 2.05) is 30.1 Å². The summed E-state index contributed by atoms with van der Waals surface area (Å²) in [6.45, 7) is 1.04. The van der Waals surface area contributed by atoms with Gasteiger partial charge in [-0.1, -0.05) is 0 Å². The minimum atomic E-state index is 1.04. The first-order valence-corrected chi connectivity index (χ1v) is 6.57. The van der Waals surface area contributed by atoms with Gasteiger partial charge in [0.05, 0.1) is 10.7 Å². The van der Waals surface area contributed by atoms with E-state index < -0.39 is 0 Å². The second kappa shape index (κ2) is 4.44. The number of likely N-dealkylation sites (N-methyl/N-ethyl adjacent to an activating group) is 1. The molecule has 2 rings (SSSR count). The average molecular weight is 214 g/mol. The number of fused-ring (bicyclic) bond motifs is 1. The number of nitrogens with zero attached hydrogens (tertiary/aromatic N) is 1. The summed E-state index contributed by atoms with van der Waals surface area (Å²) in [5, 5.41) is 4.47. The van der Waals surface area contributed by atoms with Gasteiger partial charge in [-0.15, -0.1) is 11.3 Å². The van der Waals surface area contributed by atoms with Gasteiger partial charge < -0.3 is 5.32 Å². The van der Waals surface area contributed by atoms with Crippen LogP contribution in [0.4, 0.5) is 0 Å². The third-order valence-corrected chi connectivity index (χ3v) is 4.45. The lowest BCUT2D eigenvalue weighted by Crippen LogP contribution is -2.10. The zero-order valence-electron chi connectivity index (χ0n) is 7.80. The quantitative estimate of drug-likeness (QED) is 0.829. The van der Waals surface area contributed by atoms with Gasteiger partial charge in [0.15, 0.2) is 0 Å². The van der Waals surface area contributed by atoms with Crippen LogP contribution in [-0.2, 0) is 18.6 Å². The van der Waals surface area contributed by atoms with Gasteiger partial charge >= 0.3 is 0 Å². The lowest BCUT2D eigenvalue weighted by atomic mass is 10.3. The average Bonchev–Trinajstić information content (AvgIpc) is 2.57. The van der Waals surface area contributed by atoms with E-state index in [9.17, 15) is 0 Å². The van der Waals surface area contributed by atoms with Crippen LogP contribution in [0.5, 0.6) is 0 Å². The first-order valence-electron chi connectivity index (χ1n) is 4.60. The molecule has 0 saturated heterocycles. The minimum absolute atomic E-state index is 1.04. The second-order valence-electron chi connectivity index (χ2n) is 3.13. The Morgan fingerprint density at radius 1 is 1.54 bits per heavy atom. The van der Waals surface area contributed by atoms with Gasteiger partial charge in [0.1, 0.15) is 0 Å². The van der Waals surface area contributed by atoms with Crippen molar-refractivity contribution in [1.82, 2.24) is 10.3 Å². The van der Waals surface area contributed by atoms with Gasteiger partial charge in [-0.2, -0.15) is 11.8 Å². The van der Waals surface area contributed by atoms with Gasteiger partial charge in [-0.25, -0.2) is 4.98 Å². The summed E-state index contributed by atoms with van der Waals surface area (Å²) in [7, 11) is 1.99. The Balaban J connectivity index is 2.07. The highest BCUT2D eigenvalue weighted by Crippen LogP contribution is 2.29. The molecule has 1 N–H and O–H groups in total. The number of hydrogen-bond donors (Lipinski definition) is 1. The molecular weight excluding hydrogens is 200 g/mol. The van der Waals surface area contributed by atoms with Gasteiger partial charge in [0.2, 0.25) is 0 Å². The van der Waals surface area contributed by atoms with E-state index in [4.69, 9.17) is 0 Å². The molecule has 0 radical (unpaired) electrons. The van der Waals surface area contributed by atoms with E-state index in [0.717, 1.165) is 13.0 Å². The van der Waals surface area contributed by atoms with Crippen LogP contribution in [0, 0.1) is 0 Å². The largest absolute Gasteiger partial charge is 0.319 e. The Labute approximate surface area is 87.1 Å². The highest BCUT2D eigenvalue weighted by Gasteiger charge is 2.14. The SMILES string of the molecule is CNCCc1nc2c(s1)CSCC2. The van der Waals surface area contributed by atoms with Crippen LogP contribution >= 0.6 is 23.1 Å². The highest BCUT2D eigenvalue weighted by atomic mass is 32.2. The molecule has 1 aliphatic rings. The summed E-state index contributed by atoms with van der Waals surface area (Å²) < 4.78 is 0. The number of hydrogen-bond acceptors (Lipinski definition) is 4. The molecule has 0 spiro atoms. The topological polar surface area (TPSA) is 24.9 Å². The number of aryl methyl sites for hydroxylation is 1. The minimum Gasteiger partial charge on any atom is -0.319 e. The van der Waals surface area contributed by atoms with Crippen molar-refractivity contribution in [2.24, 2.45) is 0 Å². The molecule has 0 atom stereocenters. The zero-order chi connectivity index (χ0) is 9.10. The summed E-state index contributed by atoms with van der Waals surface area (Å²) in [6, 6.07) is 0. The number of aromatic nitrogens is 1. The van der Waals surface area contributed by atoms with Crippen LogP contribution in [0.2, 0.25) is 0 Å². The predicted octanol–water partition coefficient (Wildman–Crippen LogP) is 1.69. The van der Waals surface area contributed by atoms with Crippen LogP contribution in [0.1, 0.15) is 15.6 Å². The van der Waals surface area contributed by atoms with E-state index in [1.54, 1.807) is 0 Å². The van der Waals surface area contributed by atoms with Crippen molar-refractivity contribution >= 4 is 23.1 Å². The van der Waals surface area contributed by atoms with Gasteiger partial charge in [-0.05, 0) is 19.2 Å². The third-order valence-electron chi connectivity index (χ3n) is 2.13. The van der Waals surface area contributed by atoms with Crippen LogP contribution in [0.25, 0.3) is 0 Å². The Hall–Kier alpha value is -0.0600. The van der Waals surface area contributed by atoms with Crippen molar-refractivity contribution in [3.05, 3.63) is 15.6 Å². The Morgan fingerprint density at radius 2 is 2.46 bits per heavy atom. The second-order valence-corrected chi connectivity index (χ2v) is 5.41. The summed E-state index contributed by atoms with van der Waals surface area (Å²) >= 11 is 3.93. The summed E-state index contributed by atoms with van der Waals surface area (Å²) in [6.07, 6.45) is 2.26. The molecule has 0 aromatic carbocycles. The summed E-state index contributed by atoms with van der Waals surface area (Å²) in [4.78, 5) is 6.17. The van der Waals surface area contributed by atoms with E-state index in [2.05, 4.69) is 10.3 Å². The molecule has 2 heterocycles. The van der Waals surface area contributed by atoms with Crippen molar-refractivity contribution in [2.45, 2.75) is 18.6 Å². The maximum atomic E-state index is 4.65. The Bertz CT molecular complexity index is 260. The monoisotopic (exact) mass is 214 g/mol. The molecule has 2 nitrogen and oxygen atoms in total. The lowest BCUT2D eigenvalue weighted by Gasteiger charge is -2.06. The van der Waals surface area contributed by atoms with Crippen LogP contribution < -0.4 is 5.32 Å². The normalized spacial score (nSPS) is 15.8. The molecule has 0 bridgehead atoms. The van der Waals surface area contributed by atoms with Crippen molar-refractivity contribution < 1.29 is 0 Å². The zero-order valence-corrected chi connectivity index (χ0v) is 9.43. The van der Waals surface area contributed by atoms with Gasteiger partial charge in [0.25, 0.3) is 0 Å². The van der Waals surface area contributed by atoms with E-state index >= 15 is 0 Å². The van der Waals surface area contributed by atoms with E-state index in [-0.39, 0.29) is 0 Å². The Kier molecular flexibility index (Phi) is 3.24. The molecule has 0 fully saturated rings. The van der Waals surface area contributed by atoms with Crippen molar-refractivity contribution in [1.29, 1.82) is 0 Å². The van der Waals surface area contributed by atoms with Crippen molar-refractivity contribution in [2.75, 3.05) is 19.3 Å². The summed E-state index contributed by atoms with van der Waals surface area (Å²) in [5.41, 5.74) is 1.37. The van der Waals surface area contributed by atoms with Crippen molar-refractivity contribution in [3.63, 3.8) is 0 Å². The first-order chi connectivity index (χ1) is 6.40. The fourth-order valence-corrected chi connectivity index (χ4v) is 3.65. The number of rotatable bonds is 3. The van der Waals surface area contributed by atoms with Crippen molar-refractivity contribution in [3.8, 4) is 0 Å². The number of thioether (sulfide) groups is 1. The molecule has 0 unspecified atom stereocenters. The number of nitrogens with one attached hydrogen (secondary N) is 1. The molecule has 0 amide bonds. The van der Waals surface area contributed by atoms with Gasteiger partial charge in [-0.3, -0.25) is 0 Å². The number of thiazole rings is 1. The first kappa shape index (κ1) is 9.49. The predicted molar refractivity (Wildman–Crippen MR) is 59.6 cm³/mol. The Morgan fingerprint density at radius 3 is 3.23 bits per heavy atom. The maximum Gasteiger partial charge on any atom is 0.0944 e. The van der Waals surface area contributed by atoms with Gasteiger partial charge in [0, 0.05) is 23.6 Å². The van der Waals surface area contributed by atoms with Crippen LogP contribution in [0.15, 0.2) is 0 Å².